The number of hydrogen-bond acceptors (Lipinski definition) is 6. The minimum Gasteiger partial charge on any atom is -0.311 e. The summed E-state index contributed by atoms with van der Waals surface area (Å²) in [6.45, 7) is 0. The lowest BCUT2D eigenvalue weighted by atomic mass is 10.2. The first kappa shape index (κ1) is 14.8. The van der Waals surface area contributed by atoms with Crippen molar-refractivity contribution in [3.8, 4) is 6.07 Å². The second kappa shape index (κ2) is 6.34. The van der Waals surface area contributed by atoms with E-state index in [1.165, 1.54) is 29.5 Å². The molecule has 112 valence electrons. The summed E-state index contributed by atoms with van der Waals surface area (Å²) in [4.78, 5) is 20.7. The van der Waals surface area contributed by atoms with E-state index in [0.717, 1.165) is 16.3 Å². The van der Waals surface area contributed by atoms with Crippen LogP contribution in [0.4, 0.5) is 4.39 Å². The fourth-order valence-corrected chi connectivity index (χ4v) is 2.74. The van der Waals surface area contributed by atoms with Gasteiger partial charge in [-0.1, -0.05) is 29.4 Å². The zero-order valence-corrected chi connectivity index (χ0v) is 12.4. The fourth-order valence-electron chi connectivity index (χ4n) is 1.84. The smallest absolute Gasteiger partial charge is 0.311 e. The number of hydrogen-bond donors (Lipinski definition) is 0. The Morgan fingerprint density at radius 2 is 1.96 bits per heavy atom. The van der Waals surface area contributed by atoms with Crippen LogP contribution in [0.3, 0.4) is 0 Å². The van der Waals surface area contributed by atoms with Gasteiger partial charge in [-0.3, -0.25) is 0 Å². The van der Waals surface area contributed by atoms with Crippen LogP contribution >= 0.6 is 11.3 Å². The van der Waals surface area contributed by atoms with Gasteiger partial charge in [0.2, 0.25) is 5.71 Å². The molecule has 0 N–H and O–H groups in total. The second-order valence-electron chi connectivity index (χ2n) is 4.40. The van der Waals surface area contributed by atoms with Crippen LogP contribution in [0.2, 0.25) is 0 Å². The normalized spacial score (nSPS) is 11.2. The molecule has 0 aliphatic rings. The molecule has 0 fully saturated rings. The summed E-state index contributed by atoms with van der Waals surface area (Å²) >= 11 is 1.25. The molecule has 0 aliphatic carbocycles. The molecular formula is C16H8FN3O2S. The van der Waals surface area contributed by atoms with Gasteiger partial charge in [0.05, 0.1) is 15.8 Å². The Bertz CT molecular complexity index is 926. The lowest BCUT2D eigenvalue weighted by molar-refractivity contribution is 0.0512. The highest BCUT2D eigenvalue weighted by molar-refractivity contribution is 7.20. The zero-order valence-electron chi connectivity index (χ0n) is 11.6. The second-order valence-corrected chi connectivity index (χ2v) is 5.43. The summed E-state index contributed by atoms with van der Waals surface area (Å²) in [5.41, 5.74) is 0.324. The van der Waals surface area contributed by atoms with E-state index in [-0.39, 0.29) is 11.3 Å². The molecule has 0 saturated heterocycles. The topological polar surface area (TPSA) is 75.3 Å². The third kappa shape index (κ3) is 3.07. The van der Waals surface area contributed by atoms with Crippen molar-refractivity contribution in [2.45, 2.75) is 0 Å². The number of benzene rings is 2. The van der Waals surface area contributed by atoms with Crippen molar-refractivity contribution in [3.05, 3.63) is 64.9 Å². The number of para-hydroxylation sites is 1. The van der Waals surface area contributed by atoms with E-state index in [1.807, 2.05) is 24.3 Å². The Hall–Kier alpha value is -3.11. The quantitative estimate of drug-likeness (QED) is 0.419. The van der Waals surface area contributed by atoms with Crippen LogP contribution in [-0.4, -0.2) is 16.7 Å². The molecule has 3 aromatic rings. The molecule has 1 aromatic heterocycles. The Morgan fingerprint density at radius 1 is 1.22 bits per heavy atom. The highest BCUT2D eigenvalue weighted by atomic mass is 32.1. The number of oxime groups is 1. The molecular weight excluding hydrogens is 317 g/mol. The van der Waals surface area contributed by atoms with Crippen molar-refractivity contribution >= 4 is 33.2 Å². The maximum absolute atomic E-state index is 13.5. The molecule has 0 bridgehead atoms. The predicted octanol–water partition coefficient (Wildman–Crippen LogP) is 3.52. The molecule has 0 atom stereocenters. The van der Waals surface area contributed by atoms with Crippen LogP contribution in [0.1, 0.15) is 15.4 Å². The van der Waals surface area contributed by atoms with Gasteiger partial charge < -0.3 is 4.84 Å². The van der Waals surface area contributed by atoms with E-state index in [0.29, 0.717) is 5.01 Å². The van der Waals surface area contributed by atoms with Crippen LogP contribution in [0.5, 0.6) is 0 Å². The Morgan fingerprint density at radius 3 is 2.70 bits per heavy atom. The average molecular weight is 325 g/mol. The van der Waals surface area contributed by atoms with E-state index in [4.69, 9.17) is 5.26 Å². The number of thiazole rings is 1. The highest BCUT2D eigenvalue weighted by Crippen LogP contribution is 2.22. The third-order valence-electron chi connectivity index (χ3n) is 2.92. The molecule has 1 heterocycles. The first-order valence-electron chi connectivity index (χ1n) is 6.49. The van der Waals surface area contributed by atoms with E-state index in [2.05, 4.69) is 15.0 Å². The predicted molar refractivity (Wildman–Crippen MR) is 83.6 cm³/mol. The molecule has 23 heavy (non-hydrogen) atoms. The molecule has 0 amide bonds. The largest absolute Gasteiger partial charge is 0.368 e. The van der Waals surface area contributed by atoms with Gasteiger partial charge in [0, 0.05) is 0 Å². The van der Waals surface area contributed by atoms with Crippen molar-refractivity contribution in [3.63, 3.8) is 0 Å². The monoisotopic (exact) mass is 325 g/mol. The molecule has 5 nitrogen and oxygen atoms in total. The number of carbonyl (C=O) groups excluding carboxylic acids is 1. The van der Waals surface area contributed by atoms with Gasteiger partial charge >= 0.3 is 5.97 Å². The van der Waals surface area contributed by atoms with Gasteiger partial charge in [-0.25, -0.2) is 14.2 Å². The zero-order chi connectivity index (χ0) is 16.2. The van der Waals surface area contributed by atoms with E-state index >= 15 is 0 Å². The summed E-state index contributed by atoms with van der Waals surface area (Å²) in [6.07, 6.45) is 0. The molecule has 7 heteroatoms. The number of carbonyl (C=O) groups is 1. The standard InChI is InChI=1S/C16H8FN3O2S/c17-11-6-2-1-5-10(11)16(21)22-20-13(9-18)15-19-12-7-3-4-8-14(12)23-15/h1-8H. The maximum atomic E-state index is 13.5. The Labute approximate surface area is 134 Å². The van der Waals surface area contributed by atoms with Crippen LogP contribution in [0, 0.1) is 17.1 Å². The fraction of sp³-hybridized carbons (Fsp3) is 0. The van der Waals surface area contributed by atoms with Crippen LogP contribution in [-0.2, 0) is 4.84 Å². The summed E-state index contributed by atoms with van der Waals surface area (Å²) in [7, 11) is 0. The lowest BCUT2D eigenvalue weighted by Gasteiger charge is -1.99. The van der Waals surface area contributed by atoms with Gasteiger partial charge in [-0.05, 0) is 24.3 Å². The number of fused-ring (bicyclic) bond motifs is 1. The molecule has 0 radical (unpaired) electrons. The average Bonchev–Trinajstić information content (AvgIpc) is 2.99. The molecule has 0 spiro atoms. The number of rotatable bonds is 3. The number of aromatic nitrogens is 1. The van der Waals surface area contributed by atoms with Crippen LogP contribution in [0.15, 0.2) is 53.7 Å². The van der Waals surface area contributed by atoms with Crippen molar-refractivity contribution < 1.29 is 14.0 Å². The van der Waals surface area contributed by atoms with Crippen molar-refractivity contribution in [1.82, 2.24) is 4.98 Å². The number of nitrogens with zero attached hydrogens (tertiary/aromatic N) is 3. The maximum Gasteiger partial charge on any atom is 0.368 e. The van der Waals surface area contributed by atoms with E-state index in [1.54, 1.807) is 6.07 Å². The Balaban J connectivity index is 1.86. The van der Waals surface area contributed by atoms with E-state index < -0.39 is 11.8 Å². The summed E-state index contributed by atoms with van der Waals surface area (Å²) < 4.78 is 14.4. The van der Waals surface area contributed by atoms with E-state index in [9.17, 15) is 9.18 Å². The first-order chi connectivity index (χ1) is 11.2. The molecule has 2 aromatic carbocycles. The van der Waals surface area contributed by atoms with Crippen molar-refractivity contribution in [2.75, 3.05) is 0 Å². The third-order valence-corrected chi connectivity index (χ3v) is 3.96. The minimum atomic E-state index is -0.975. The minimum absolute atomic E-state index is 0.143. The molecule has 0 saturated carbocycles. The van der Waals surface area contributed by atoms with Crippen LogP contribution in [0.25, 0.3) is 10.2 Å². The van der Waals surface area contributed by atoms with Crippen molar-refractivity contribution in [1.29, 1.82) is 5.26 Å². The SMILES string of the molecule is N#CC(=NOC(=O)c1ccccc1F)c1nc2ccccc2s1. The summed E-state index contributed by atoms with van der Waals surface area (Å²) in [5, 5.41) is 13.0. The van der Waals surface area contributed by atoms with Gasteiger partial charge in [0.1, 0.15) is 11.9 Å². The number of nitriles is 1. The Kier molecular flexibility index (Phi) is 4.08. The van der Waals surface area contributed by atoms with Gasteiger partial charge in [0.25, 0.3) is 0 Å². The number of halogens is 1. The lowest BCUT2D eigenvalue weighted by Crippen LogP contribution is -2.06. The van der Waals surface area contributed by atoms with Gasteiger partial charge in [0.15, 0.2) is 5.01 Å². The summed E-state index contributed by atoms with van der Waals surface area (Å²) in [6, 6.07) is 14.5. The molecule has 0 aliphatic heterocycles. The first-order valence-corrected chi connectivity index (χ1v) is 7.30. The summed E-state index contributed by atoms with van der Waals surface area (Å²) in [5.74, 6) is -1.69. The molecule has 3 rings (SSSR count). The highest BCUT2D eigenvalue weighted by Gasteiger charge is 2.15. The van der Waals surface area contributed by atoms with Crippen molar-refractivity contribution in [2.24, 2.45) is 5.16 Å². The molecule has 0 unspecified atom stereocenters. The van der Waals surface area contributed by atoms with Gasteiger partial charge in [-0.2, -0.15) is 5.26 Å². The van der Waals surface area contributed by atoms with Crippen LogP contribution < -0.4 is 0 Å². The van der Waals surface area contributed by atoms with Gasteiger partial charge in [-0.15, -0.1) is 11.3 Å².